The van der Waals surface area contributed by atoms with Crippen LogP contribution < -0.4 is 0 Å². The lowest BCUT2D eigenvalue weighted by molar-refractivity contribution is 0.372. The predicted octanol–water partition coefficient (Wildman–Crippen LogP) is -6.64. The molecule has 0 aromatic carbocycles. The predicted molar refractivity (Wildman–Crippen MR) is 87.7 cm³/mol. The van der Waals surface area contributed by atoms with E-state index in [1.807, 2.05) is 0 Å². The smallest absolute Gasteiger partial charge is 0.286 e. The van der Waals surface area contributed by atoms with Crippen LogP contribution in [0.25, 0.3) is 0 Å². The molecule has 0 radical (unpaired) electrons. The average molecular weight is 383 g/mol. The Labute approximate surface area is 121 Å². The molecule has 0 heterocycles. The van der Waals surface area contributed by atoms with E-state index < -0.39 is 69.1 Å². The molecule has 0 saturated heterocycles. The highest BCUT2D eigenvalue weighted by molar-refractivity contribution is 6.56. The van der Waals surface area contributed by atoms with Crippen LogP contribution in [0.15, 0.2) is 0 Å². The van der Waals surface area contributed by atoms with E-state index >= 15 is 0 Å². The Kier molecular flexibility index (Phi) is 16.8. The van der Waals surface area contributed by atoms with Crippen LogP contribution in [0.5, 0.6) is 0 Å². The molecule has 0 saturated carbocycles. The Morgan fingerprint density at radius 1 is 0.706 bits per heavy atom. The molecule has 0 spiro atoms. The van der Waals surface area contributed by atoms with E-state index in [2.05, 4.69) is 13.1 Å². The third kappa shape index (κ3) is 17.5. The summed E-state index contributed by atoms with van der Waals surface area (Å²) in [5, 5.41) is 0. The molecule has 104 valence electrons. The van der Waals surface area contributed by atoms with Gasteiger partial charge in [0.1, 0.15) is 10.5 Å². The van der Waals surface area contributed by atoms with E-state index in [1.54, 1.807) is 0 Å². The van der Waals surface area contributed by atoms with Crippen LogP contribution in [0.1, 0.15) is 0 Å². The highest BCUT2D eigenvalue weighted by atomic mass is 28.4. The molecule has 0 N–H and O–H groups in total. The summed E-state index contributed by atoms with van der Waals surface area (Å²) in [5.74, 6) is 0. The third-order valence-electron chi connectivity index (χ3n) is 1.35. The second-order valence-electron chi connectivity index (χ2n) is 3.23. The normalized spacial score (nSPS) is 15.7. The van der Waals surface area contributed by atoms with Gasteiger partial charge >= 0.3 is 0 Å². The second-order valence-corrected chi connectivity index (χ2v) is 18.6. The molecule has 0 rings (SSSR count). The Morgan fingerprint density at radius 2 is 1.12 bits per heavy atom. The van der Waals surface area contributed by atoms with Crippen molar-refractivity contribution in [2.24, 2.45) is 0 Å². The van der Waals surface area contributed by atoms with Gasteiger partial charge in [-0.2, -0.15) is 0 Å². The maximum Gasteiger partial charge on any atom is 0.286 e. The lowest BCUT2D eigenvalue weighted by Crippen LogP contribution is -2.21. The first kappa shape index (κ1) is 18.5. The van der Waals surface area contributed by atoms with Crippen molar-refractivity contribution >= 4 is 79.6 Å². The fraction of sp³-hybridized carbons (Fsp3) is 1.00. The van der Waals surface area contributed by atoms with Crippen LogP contribution in [0, 0.1) is 0 Å². The van der Waals surface area contributed by atoms with Gasteiger partial charge < -0.3 is 28.8 Å². The summed E-state index contributed by atoms with van der Waals surface area (Å²) in [6, 6.07) is 0. The summed E-state index contributed by atoms with van der Waals surface area (Å²) in [6.07, 6.45) is 0. The standard InChI is InChI=1S/C2H22O7Si8/c1-17(2)9-16-8-15-7-14-6-13-5-12-4-11-3-10/h17H,11-16H2,1-2,10H3. The van der Waals surface area contributed by atoms with E-state index in [1.165, 1.54) is 0 Å². The first-order chi connectivity index (χ1) is 8.27. The lowest BCUT2D eigenvalue weighted by atomic mass is 11.9. The van der Waals surface area contributed by atoms with Gasteiger partial charge in [0.2, 0.25) is 0 Å². The molecule has 0 atom stereocenters. The van der Waals surface area contributed by atoms with Crippen molar-refractivity contribution in [1.29, 1.82) is 0 Å². The van der Waals surface area contributed by atoms with Crippen molar-refractivity contribution in [3.05, 3.63) is 0 Å². The average Bonchev–Trinajstić information content (AvgIpc) is 2.30. The summed E-state index contributed by atoms with van der Waals surface area (Å²) < 4.78 is 37.1. The maximum atomic E-state index is 5.48. The highest BCUT2D eigenvalue weighted by Crippen LogP contribution is 1.81. The zero-order valence-corrected chi connectivity index (χ0v) is 22.3. The zero-order chi connectivity index (χ0) is 12.8. The molecule has 0 aromatic rings. The molecule has 0 amide bonds. The SMILES string of the molecule is C[SiH](C)O[SiH2]O[SiH2]O[SiH2]O[SiH2]O[SiH2]O[SiH2]O[SiH3]. The minimum atomic E-state index is -0.898. The van der Waals surface area contributed by atoms with Gasteiger partial charge in [0, 0.05) is 0 Å². The largest absolute Gasteiger partial charge is 0.449 e. The van der Waals surface area contributed by atoms with Crippen molar-refractivity contribution in [1.82, 2.24) is 0 Å². The van der Waals surface area contributed by atoms with Crippen molar-refractivity contribution < 1.29 is 28.8 Å². The van der Waals surface area contributed by atoms with Crippen molar-refractivity contribution in [3.63, 3.8) is 0 Å². The summed E-state index contributed by atoms with van der Waals surface area (Å²) in [4.78, 5) is 0. The Bertz CT molecular complexity index is 150. The van der Waals surface area contributed by atoms with Gasteiger partial charge in [-0.05, 0) is 13.1 Å². The molecule has 0 bridgehead atoms. The van der Waals surface area contributed by atoms with Crippen molar-refractivity contribution in [3.8, 4) is 0 Å². The van der Waals surface area contributed by atoms with Gasteiger partial charge in [-0.3, -0.25) is 0 Å². The minimum absolute atomic E-state index is 0.713. The van der Waals surface area contributed by atoms with Crippen LogP contribution in [0.3, 0.4) is 0 Å². The van der Waals surface area contributed by atoms with Crippen LogP contribution in [0.4, 0.5) is 0 Å². The van der Waals surface area contributed by atoms with E-state index in [9.17, 15) is 0 Å². The molecule has 0 unspecified atom stereocenters. The third-order valence-corrected chi connectivity index (χ3v) is 12.2. The fourth-order valence-corrected chi connectivity index (χ4v) is 12.7. The fourth-order valence-electron chi connectivity index (χ4n) is 0.673. The van der Waals surface area contributed by atoms with Crippen LogP contribution in [-0.4, -0.2) is 79.6 Å². The first-order valence-corrected chi connectivity index (χ1v) is 15.8. The number of hydrogen-bond acceptors (Lipinski definition) is 7. The molecule has 0 aliphatic heterocycles. The van der Waals surface area contributed by atoms with E-state index in [0.717, 1.165) is 10.5 Å². The highest BCUT2D eigenvalue weighted by Gasteiger charge is 1.97. The van der Waals surface area contributed by atoms with E-state index in [0.29, 0.717) is 0 Å². The Balaban J connectivity index is 2.89. The van der Waals surface area contributed by atoms with Crippen LogP contribution in [-0.2, 0) is 28.8 Å². The van der Waals surface area contributed by atoms with Crippen molar-refractivity contribution in [2.45, 2.75) is 13.1 Å². The molecule has 17 heavy (non-hydrogen) atoms. The molecular formula is C2H22O7Si8. The van der Waals surface area contributed by atoms with E-state index in [4.69, 9.17) is 28.8 Å². The molecule has 15 heteroatoms. The summed E-state index contributed by atoms with van der Waals surface area (Å²) >= 11 is 0. The summed E-state index contributed by atoms with van der Waals surface area (Å²) in [6.45, 7) is 4.28. The number of hydrogen-bond donors (Lipinski definition) is 0. The van der Waals surface area contributed by atoms with E-state index in [-0.39, 0.29) is 0 Å². The van der Waals surface area contributed by atoms with Crippen LogP contribution in [0.2, 0.25) is 13.1 Å². The van der Waals surface area contributed by atoms with Crippen LogP contribution >= 0.6 is 0 Å². The monoisotopic (exact) mass is 382 g/mol. The first-order valence-electron chi connectivity index (χ1n) is 5.26. The molecule has 0 aromatic heterocycles. The van der Waals surface area contributed by atoms with Crippen molar-refractivity contribution in [2.75, 3.05) is 0 Å². The minimum Gasteiger partial charge on any atom is -0.449 e. The van der Waals surface area contributed by atoms with Gasteiger partial charge in [-0.1, -0.05) is 0 Å². The second kappa shape index (κ2) is 15.5. The molecule has 0 aliphatic rings. The molecule has 7 nitrogen and oxygen atoms in total. The summed E-state index contributed by atoms with van der Waals surface area (Å²) in [5.41, 5.74) is 0. The Morgan fingerprint density at radius 3 is 1.53 bits per heavy atom. The van der Waals surface area contributed by atoms with Gasteiger partial charge in [-0.25, -0.2) is 0 Å². The lowest BCUT2D eigenvalue weighted by Gasteiger charge is -2.09. The van der Waals surface area contributed by atoms with Gasteiger partial charge in [0.25, 0.3) is 60.0 Å². The topological polar surface area (TPSA) is 64.6 Å². The molecule has 0 aliphatic carbocycles. The Hall–Kier alpha value is 1.46. The molecule has 0 fully saturated rings. The maximum absolute atomic E-state index is 5.48. The van der Waals surface area contributed by atoms with Gasteiger partial charge in [0.15, 0.2) is 9.04 Å². The zero-order valence-electron chi connectivity index (χ0n) is 10.7. The van der Waals surface area contributed by atoms with Gasteiger partial charge in [0.05, 0.1) is 0 Å². The summed E-state index contributed by atoms with van der Waals surface area (Å²) in [7, 11) is -5.01. The number of rotatable bonds is 13. The quantitative estimate of drug-likeness (QED) is 0.232. The molecular weight excluding hydrogens is 361 g/mol. The van der Waals surface area contributed by atoms with Gasteiger partial charge in [-0.15, -0.1) is 0 Å².